The molecule has 0 aliphatic rings. The molecule has 150 valence electrons. The fraction of sp³-hybridized carbons (Fsp3) is 0.714. The van der Waals surface area contributed by atoms with Crippen LogP contribution in [0.15, 0.2) is 0 Å². The monoisotopic (exact) mass is 410 g/mol. The Kier molecular flexibility index (Phi) is 12.1. The quantitative estimate of drug-likeness (QED) is 0.174. The van der Waals surface area contributed by atoms with Crippen molar-refractivity contribution in [2.24, 2.45) is 5.73 Å². The molecule has 0 aromatic carbocycles. The molecule has 4 atom stereocenters. The molecule has 12 heteroatoms. The lowest BCUT2D eigenvalue weighted by molar-refractivity contribution is -0.145. The first kappa shape index (κ1) is 24.5. The van der Waals surface area contributed by atoms with E-state index in [0.29, 0.717) is 12.2 Å². The Labute approximate surface area is 161 Å². The summed E-state index contributed by atoms with van der Waals surface area (Å²) in [6.45, 7) is 0.933. The number of aliphatic hydroxyl groups excluding tert-OH is 1. The van der Waals surface area contributed by atoms with Gasteiger partial charge >= 0.3 is 5.97 Å². The van der Waals surface area contributed by atoms with E-state index < -0.39 is 47.9 Å². The Morgan fingerprint density at radius 1 is 1.12 bits per heavy atom. The minimum Gasteiger partial charge on any atom is -0.480 e. The van der Waals surface area contributed by atoms with E-state index in [1.54, 1.807) is 0 Å². The van der Waals surface area contributed by atoms with E-state index in [2.05, 4.69) is 28.6 Å². The van der Waals surface area contributed by atoms with Gasteiger partial charge in [0, 0.05) is 5.75 Å². The number of amides is 3. The molecule has 0 bridgehead atoms. The maximum Gasteiger partial charge on any atom is 0.328 e. The van der Waals surface area contributed by atoms with E-state index in [4.69, 9.17) is 10.8 Å². The van der Waals surface area contributed by atoms with Crippen LogP contribution in [-0.4, -0.2) is 82.4 Å². The summed E-state index contributed by atoms with van der Waals surface area (Å²) in [6, 6.07) is -3.55. The van der Waals surface area contributed by atoms with Gasteiger partial charge in [0.05, 0.1) is 12.6 Å². The van der Waals surface area contributed by atoms with Gasteiger partial charge in [-0.15, -0.1) is 0 Å². The SMILES string of the molecule is CSCCC(NC(=O)CN)C(=O)NC(CS)C(=O)NC(C(=O)O)C(C)O. The number of nitrogens with one attached hydrogen (secondary N) is 3. The molecule has 26 heavy (non-hydrogen) atoms. The van der Waals surface area contributed by atoms with Gasteiger partial charge < -0.3 is 31.9 Å². The van der Waals surface area contributed by atoms with Gasteiger partial charge in [-0.25, -0.2) is 4.79 Å². The van der Waals surface area contributed by atoms with Gasteiger partial charge in [0.1, 0.15) is 12.1 Å². The normalized spacial score (nSPS) is 15.3. The van der Waals surface area contributed by atoms with Gasteiger partial charge in [0.15, 0.2) is 6.04 Å². The summed E-state index contributed by atoms with van der Waals surface area (Å²) in [7, 11) is 0. The van der Waals surface area contributed by atoms with E-state index in [1.165, 1.54) is 18.7 Å². The number of hydrogen-bond donors (Lipinski definition) is 7. The van der Waals surface area contributed by atoms with Crippen LogP contribution < -0.4 is 21.7 Å². The fourth-order valence-corrected chi connectivity index (χ4v) is 2.60. The summed E-state index contributed by atoms with van der Waals surface area (Å²) in [5.74, 6) is -2.87. The zero-order valence-electron chi connectivity index (χ0n) is 14.6. The molecule has 0 aliphatic heterocycles. The Morgan fingerprint density at radius 2 is 1.69 bits per heavy atom. The molecule has 4 unspecified atom stereocenters. The highest BCUT2D eigenvalue weighted by Crippen LogP contribution is 2.03. The molecular weight excluding hydrogens is 384 g/mol. The van der Waals surface area contributed by atoms with Crippen molar-refractivity contribution >= 4 is 48.1 Å². The van der Waals surface area contributed by atoms with E-state index in [1.807, 2.05) is 6.26 Å². The third-order valence-corrected chi connectivity index (χ3v) is 4.32. The number of carbonyl (C=O) groups excluding carboxylic acids is 3. The highest BCUT2D eigenvalue weighted by Gasteiger charge is 2.30. The number of carbonyl (C=O) groups is 4. The van der Waals surface area contributed by atoms with Gasteiger partial charge in [-0.3, -0.25) is 14.4 Å². The van der Waals surface area contributed by atoms with Crippen molar-refractivity contribution in [3.05, 3.63) is 0 Å². The standard InChI is InChI=1S/C14H26N4O6S2/c1-7(19)11(14(23)24)18-13(22)9(6-25)17-12(21)8(3-4-26-2)16-10(20)5-15/h7-9,11,19,25H,3-6,15H2,1-2H3,(H,16,20)(H,17,21)(H,18,22)(H,23,24). The predicted molar refractivity (Wildman–Crippen MR) is 101 cm³/mol. The second-order valence-electron chi connectivity index (χ2n) is 5.41. The van der Waals surface area contributed by atoms with E-state index in [-0.39, 0.29) is 12.3 Å². The maximum absolute atomic E-state index is 12.4. The molecular formula is C14H26N4O6S2. The Bertz CT molecular complexity index is 506. The number of carboxylic acids is 1. The highest BCUT2D eigenvalue weighted by atomic mass is 32.2. The van der Waals surface area contributed by atoms with E-state index >= 15 is 0 Å². The van der Waals surface area contributed by atoms with Gasteiger partial charge in [-0.05, 0) is 25.4 Å². The lowest BCUT2D eigenvalue weighted by Crippen LogP contribution is -2.58. The highest BCUT2D eigenvalue weighted by molar-refractivity contribution is 7.98. The molecule has 0 fully saturated rings. The van der Waals surface area contributed by atoms with Crippen LogP contribution >= 0.6 is 24.4 Å². The maximum atomic E-state index is 12.4. The lowest BCUT2D eigenvalue weighted by atomic mass is 10.1. The molecule has 0 spiro atoms. The van der Waals surface area contributed by atoms with Crippen LogP contribution in [-0.2, 0) is 19.2 Å². The van der Waals surface area contributed by atoms with Crippen molar-refractivity contribution in [1.82, 2.24) is 16.0 Å². The van der Waals surface area contributed by atoms with Crippen LogP contribution in [0, 0.1) is 0 Å². The number of nitrogens with two attached hydrogens (primary N) is 1. The van der Waals surface area contributed by atoms with Crippen LogP contribution in [0.3, 0.4) is 0 Å². The predicted octanol–water partition coefficient (Wildman–Crippen LogP) is -2.45. The Hall–Kier alpha value is -1.50. The number of thioether (sulfide) groups is 1. The Morgan fingerprint density at radius 3 is 2.12 bits per heavy atom. The first-order valence-electron chi connectivity index (χ1n) is 7.78. The number of rotatable bonds is 12. The summed E-state index contributed by atoms with van der Waals surface area (Å²) in [5, 5.41) is 25.4. The average molecular weight is 411 g/mol. The average Bonchev–Trinajstić information content (AvgIpc) is 2.59. The third-order valence-electron chi connectivity index (χ3n) is 3.31. The number of aliphatic carboxylic acids is 1. The van der Waals surface area contributed by atoms with Gasteiger partial charge in [0.2, 0.25) is 17.7 Å². The zero-order chi connectivity index (χ0) is 20.3. The van der Waals surface area contributed by atoms with Crippen molar-refractivity contribution in [1.29, 1.82) is 0 Å². The molecule has 0 aromatic rings. The number of hydrogen-bond acceptors (Lipinski definition) is 8. The van der Waals surface area contributed by atoms with Crippen molar-refractivity contribution in [2.45, 2.75) is 37.6 Å². The molecule has 0 saturated carbocycles. The van der Waals surface area contributed by atoms with Crippen molar-refractivity contribution < 1.29 is 29.4 Å². The molecule has 7 N–H and O–H groups in total. The van der Waals surface area contributed by atoms with E-state index in [0.717, 1.165) is 0 Å². The number of aliphatic hydroxyl groups is 1. The largest absolute Gasteiger partial charge is 0.480 e. The molecule has 0 radical (unpaired) electrons. The fourth-order valence-electron chi connectivity index (χ4n) is 1.87. The zero-order valence-corrected chi connectivity index (χ0v) is 16.3. The topological polar surface area (TPSA) is 171 Å². The van der Waals surface area contributed by atoms with Gasteiger partial charge in [-0.1, -0.05) is 0 Å². The van der Waals surface area contributed by atoms with Gasteiger partial charge in [-0.2, -0.15) is 24.4 Å². The van der Waals surface area contributed by atoms with Crippen molar-refractivity contribution in [3.8, 4) is 0 Å². The van der Waals surface area contributed by atoms with Crippen LogP contribution in [0.5, 0.6) is 0 Å². The second kappa shape index (κ2) is 12.8. The van der Waals surface area contributed by atoms with Crippen LogP contribution in [0.25, 0.3) is 0 Å². The smallest absolute Gasteiger partial charge is 0.328 e. The molecule has 3 amide bonds. The Balaban J connectivity index is 5.01. The minimum atomic E-state index is -1.52. The van der Waals surface area contributed by atoms with Crippen LogP contribution in [0.1, 0.15) is 13.3 Å². The molecule has 0 saturated heterocycles. The number of thiol groups is 1. The summed E-state index contributed by atoms with van der Waals surface area (Å²) in [4.78, 5) is 47.1. The first-order chi connectivity index (χ1) is 12.2. The molecule has 0 heterocycles. The van der Waals surface area contributed by atoms with Crippen molar-refractivity contribution in [3.63, 3.8) is 0 Å². The van der Waals surface area contributed by atoms with Crippen LogP contribution in [0.4, 0.5) is 0 Å². The van der Waals surface area contributed by atoms with E-state index in [9.17, 15) is 24.3 Å². The minimum absolute atomic E-state index is 0.107. The first-order valence-corrected chi connectivity index (χ1v) is 9.81. The van der Waals surface area contributed by atoms with Crippen LogP contribution in [0.2, 0.25) is 0 Å². The second-order valence-corrected chi connectivity index (χ2v) is 6.77. The lowest BCUT2D eigenvalue weighted by Gasteiger charge is -2.24. The molecule has 0 aliphatic carbocycles. The molecule has 0 rings (SSSR count). The number of carboxylic acid groups (broad SMARTS) is 1. The summed E-state index contributed by atoms with van der Waals surface area (Å²) < 4.78 is 0. The summed E-state index contributed by atoms with van der Waals surface area (Å²) >= 11 is 5.46. The molecule has 10 nitrogen and oxygen atoms in total. The summed E-state index contributed by atoms with van der Waals surface area (Å²) in [5.41, 5.74) is 5.23. The van der Waals surface area contributed by atoms with Gasteiger partial charge in [0.25, 0.3) is 0 Å². The molecule has 0 aromatic heterocycles. The third kappa shape index (κ3) is 8.74. The van der Waals surface area contributed by atoms with Crippen molar-refractivity contribution in [2.75, 3.05) is 24.3 Å². The summed E-state index contributed by atoms with van der Waals surface area (Å²) in [6.07, 6.45) is 0.836.